The third kappa shape index (κ3) is 4.41. The Bertz CT molecular complexity index is 1030. The van der Waals surface area contributed by atoms with Crippen LogP contribution in [-0.4, -0.2) is 44.8 Å². The van der Waals surface area contributed by atoms with Crippen LogP contribution < -0.4 is 15.2 Å². The van der Waals surface area contributed by atoms with Gasteiger partial charge in [0.1, 0.15) is 10.6 Å². The van der Waals surface area contributed by atoms with Crippen molar-refractivity contribution in [2.24, 2.45) is 0 Å². The van der Waals surface area contributed by atoms with Crippen LogP contribution in [0, 0.1) is 0 Å². The molecule has 1 N–H and O–H groups in total. The summed E-state index contributed by atoms with van der Waals surface area (Å²) in [5.74, 6) is -1.99. The number of ether oxygens (including phenoxy) is 1. The van der Waals surface area contributed by atoms with E-state index in [0.717, 1.165) is 19.3 Å². The molecular formula is C20H21N2O6S-. The van der Waals surface area contributed by atoms with E-state index in [1.165, 1.54) is 53.9 Å². The Morgan fingerprint density at radius 2 is 1.69 bits per heavy atom. The van der Waals surface area contributed by atoms with Gasteiger partial charge in [-0.25, -0.2) is 8.42 Å². The van der Waals surface area contributed by atoms with Crippen molar-refractivity contribution in [1.82, 2.24) is 4.31 Å². The first kappa shape index (κ1) is 20.8. The molecule has 0 unspecified atom stereocenters. The van der Waals surface area contributed by atoms with E-state index in [0.29, 0.717) is 13.1 Å². The van der Waals surface area contributed by atoms with Gasteiger partial charge in [-0.05, 0) is 37.1 Å². The molecule has 1 amide bonds. The maximum absolute atomic E-state index is 13.1. The summed E-state index contributed by atoms with van der Waals surface area (Å²) >= 11 is 0. The Balaban J connectivity index is 1.93. The molecule has 0 spiro atoms. The number of benzene rings is 2. The van der Waals surface area contributed by atoms with Crippen LogP contribution in [0.3, 0.4) is 0 Å². The minimum absolute atomic E-state index is 0.0483. The molecule has 1 saturated heterocycles. The number of carbonyl (C=O) groups is 2. The second-order valence-corrected chi connectivity index (χ2v) is 8.52. The van der Waals surface area contributed by atoms with Gasteiger partial charge in [0.15, 0.2) is 0 Å². The van der Waals surface area contributed by atoms with Gasteiger partial charge >= 0.3 is 0 Å². The van der Waals surface area contributed by atoms with Crippen LogP contribution >= 0.6 is 0 Å². The van der Waals surface area contributed by atoms with E-state index in [-0.39, 0.29) is 27.5 Å². The summed E-state index contributed by atoms with van der Waals surface area (Å²) < 4.78 is 32.8. The maximum atomic E-state index is 13.1. The number of carbonyl (C=O) groups excluding carboxylic acids is 2. The lowest BCUT2D eigenvalue weighted by atomic mass is 10.1. The first-order chi connectivity index (χ1) is 13.8. The number of amides is 1. The molecule has 0 aromatic heterocycles. The normalized spacial score (nSPS) is 14.9. The summed E-state index contributed by atoms with van der Waals surface area (Å²) in [6, 6.07) is 9.91. The highest BCUT2D eigenvalue weighted by atomic mass is 32.2. The first-order valence-corrected chi connectivity index (χ1v) is 10.6. The van der Waals surface area contributed by atoms with Crippen LogP contribution in [0.5, 0.6) is 5.75 Å². The Labute approximate surface area is 169 Å². The lowest BCUT2D eigenvalue weighted by Crippen LogP contribution is -2.35. The van der Waals surface area contributed by atoms with Crippen molar-refractivity contribution in [3.8, 4) is 5.75 Å². The number of nitrogens with zero attached hydrogens (tertiary/aromatic N) is 1. The number of hydrogen-bond donors (Lipinski definition) is 1. The van der Waals surface area contributed by atoms with Gasteiger partial charge < -0.3 is 20.0 Å². The van der Waals surface area contributed by atoms with Gasteiger partial charge in [0, 0.05) is 29.9 Å². The van der Waals surface area contributed by atoms with E-state index in [4.69, 9.17) is 4.74 Å². The number of aromatic carboxylic acids is 1. The van der Waals surface area contributed by atoms with Crippen molar-refractivity contribution in [1.29, 1.82) is 0 Å². The van der Waals surface area contributed by atoms with Gasteiger partial charge in [0.05, 0.1) is 13.1 Å². The Hall–Kier alpha value is -2.91. The second kappa shape index (κ2) is 8.62. The number of nitrogens with one attached hydrogen (secondary N) is 1. The monoisotopic (exact) mass is 417 g/mol. The van der Waals surface area contributed by atoms with Crippen LogP contribution in [0.4, 0.5) is 5.69 Å². The van der Waals surface area contributed by atoms with Crippen LogP contribution in [-0.2, 0) is 10.0 Å². The third-order valence-electron chi connectivity index (χ3n) is 4.75. The zero-order valence-electron chi connectivity index (χ0n) is 15.9. The molecule has 0 radical (unpaired) electrons. The van der Waals surface area contributed by atoms with Crippen molar-refractivity contribution in [2.75, 3.05) is 25.5 Å². The summed E-state index contributed by atoms with van der Waals surface area (Å²) in [7, 11) is -2.42. The summed E-state index contributed by atoms with van der Waals surface area (Å²) in [5, 5.41) is 13.8. The van der Waals surface area contributed by atoms with Gasteiger partial charge in [-0.3, -0.25) is 4.79 Å². The molecule has 1 aliphatic heterocycles. The minimum atomic E-state index is -3.80. The van der Waals surface area contributed by atoms with Crippen molar-refractivity contribution < 1.29 is 27.9 Å². The van der Waals surface area contributed by atoms with Gasteiger partial charge in [-0.15, -0.1) is 0 Å². The van der Waals surface area contributed by atoms with Crippen molar-refractivity contribution in [2.45, 2.75) is 24.2 Å². The number of carboxylic acids is 1. The van der Waals surface area contributed by atoms with Gasteiger partial charge in [0.25, 0.3) is 5.91 Å². The highest BCUT2D eigenvalue weighted by Crippen LogP contribution is 2.31. The largest absolute Gasteiger partial charge is 0.545 e. The summed E-state index contributed by atoms with van der Waals surface area (Å²) in [6.45, 7) is 0.863. The van der Waals surface area contributed by atoms with E-state index in [1.54, 1.807) is 0 Å². The molecule has 0 atom stereocenters. The number of anilines is 1. The van der Waals surface area contributed by atoms with Crippen LogP contribution in [0.25, 0.3) is 0 Å². The molecule has 29 heavy (non-hydrogen) atoms. The van der Waals surface area contributed by atoms with Crippen LogP contribution in [0.2, 0.25) is 0 Å². The fourth-order valence-electron chi connectivity index (χ4n) is 3.26. The molecule has 0 saturated carbocycles. The highest BCUT2D eigenvalue weighted by molar-refractivity contribution is 7.89. The predicted octanol–water partition coefficient (Wildman–Crippen LogP) is 1.49. The Morgan fingerprint density at radius 3 is 2.31 bits per heavy atom. The average Bonchev–Trinajstić information content (AvgIpc) is 2.74. The molecular weight excluding hydrogens is 396 g/mol. The van der Waals surface area contributed by atoms with Gasteiger partial charge in [-0.1, -0.05) is 24.6 Å². The topological polar surface area (TPSA) is 116 Å². The molecule has 0 bridgehead atoms. The number of methoxy groups -OCH3 is 1. The lowest BCUT2D eigenvalue weighted by molar-refractivity contribution is -0.255. The van der Waals surface area contributed by atoms with Crippen molar-refractivity contribution in [3.63, 3.8) is 0 Å². The molecule has 1 heterocycles. The lowest BCUT2D eigenvalue weighted by Gasteiger charge is -2.26. The number of rotatable bonds is 6. The summed E-state index contributed by atoms with van der Waals surface area (Å²) in [6.07, 6.45) is 2.56. The maximum Gasteiger partial charge on any atom is 0.256 e. The fraction of sp³-hybridized carbons (Fsp3) is 0.300. The SMILES string of the molecule is COc1ccc(NC(=O)c2ccccc2C(=O)[O-])cc1S(=O)(=O)N1CCCCC1. The van der Waals surface area contributed by atoms with E-state index in [1.807, 2.05) is 0 Å². The molecule has 2 aromatic carbocycles. The van der Waals surface area contributed by atoms with Crippen molar-refractivity contribution in [3.05, 3.63) is 53.6 Å². The average molecular weight is 417 g/mol. The molecule has 1 fully saturated rings. The first-order valence-electron chi connectivity index (χ1n) is 9.14. The van der Waals surface area contributed by atoms with Gasteiger partial charge in [0.2, 0.25) is 10.0 Å². The third-order valence-corrected chi connectivity index (χ3v) is 6.67. The van der Waals surface area contributed by atoms with Gasteiger partial charge in [-0.2, -0.15) is 4.31 Å². The summed E-state index contributed by atoms with van der Waals surface area (Å²) in [4.78, 5) is 23.7. The molecule has 3 rings (SSSR count). The van der Waals surface area contributed by atoms with Crippen molar-refractivity contribution >= 4 is 27.6 Å². The quantitative estimate of drug-likeness (QED) is 0.761. The Morgan fingerprint density at radius 1 is 1.03 bits per heavy atom. The molecule has 9 heteroatoms. The smallest absolute Gasteiger partial charge is 0.256 e. The zero-order valence-corrected chi connectivity index (χ0v) is 16.7. The molecule has 0 aliphatic carbocycles. The summed E-state index contributed by atoms with van der Waals surface area (Å²) in [5.41, 5.74) is -0.122. The predicted molar refractivity (Wildman–Crippen MR) is 104 cm³/mol. The Kier molecular flexibility index (Phi) is 6.19. The van der Waals surface area contributed by atoms with Crippen LogP contribution in [0.15, 0.2) is 47.4 Å². The molecule has 2 aromatic rings. The minimum Gasteiger partial charge on any atom is -0.545 e. The number of sulfonamides is 1. The van der Waals surface area contributed by atoms with E-state index < -0.39 is 21.9 Å². The van der Waals surface area contributed by atoms with E-state index >= 15 is 0 Å². The standard InChI is InChI=1S/C20H22N2O6S/c1-28-17-10-9-14(13-18(17)29(26,27)22-11-5-2-6-12-22)21-19(23)15-7-3-4-8-16(15)20(24)25/h3-4,7-10,13H,2,5-6,11-12H2,1H3,(H,21,23)(H,24,25)/p-1. The second-order valence-electron chi connectivity index (χ2n) is 6.62. The molecule has 154 valence electrons. The number of piperidine rings is 1. The van der Waals surface area contributed by atoms with E-state index in [2.05, 4.69) is 5.32 Å². The molecule has 8 nitrogen and oxygen atoms in total. The van der Waals surface area contributed by atoms with Crippen LogP contribution in [0.1, 0.15) is 40.0 Å². The molecule has 1 aliphatic rings. The fourth-order valence-corrected chi connectivity index (χ4v) is 4.96. The van der Waals surface area contributed by atoms with E-state index in [9.17, 15) is 23.1 Å². The number of carboxylic acid groups (broad SMARTS) is 1. The highest BCUT2D eigenvalue weighted by Gasteiger charge is 2.29. The zero-order chi connectivity index (χ0) is 21.0. The number of hydrogen-bond acceptors (Lipinski definition) is 6.